The number of nitrogens with one attached hydrogen (secondary N) is 1. The third-order valence-corrected chi connectivity index (χ3v) is 6.66. The molecule has 1 aromatic carbocycles. The standard InChI is InChI=1S/C22H29ClN4O2S/c1-15-9-10-16(13-18(15)23)24-20(28)14-30-21-17-7-4-5-8-19(17)27(22(29)25-21)12-6-11-26(2)3/h9-10,13H,4-8,11-12,14H2,1-3H3,(H,24,28). The van der Waals surface area contributed by atoms with Gasteiger partial charge in [-0.05, 0) is 77.4 Å². The van der Waals surface area contributed by atoms with Gasteiger partial charge >= 0.3 is 5.69 Å². The molecule has 1 amide bonds. The number of carbonyl (C=O) groups excluding carboxylic acids is 1. The Morgan fingerprint density at radius 3 is 2.80 bits per heavy atom. The summed E-state index contributed by atoms with van der Waals surface area (Å²) in [5.41, 5.74) is 3.67. The van der Waals surface area contributed by atoms with Gasteiger partial charge in [-0.1, -0.05) is 29.4 Å². The van der Waals surface area contributed by atoms with E-state index in [0.717, 1.165) is 55.5 Å². The van der Waals surface area contributed by atoms with Crippen LogP contribution in [-0.2, 0) is 24.2 Å². The molecular formula is C22H29ClN4O2S. The third kappa shape index (κ3) is 5.86. The van der Waals surface area contributed by atoms with Crippen LogP contribution >= 0.6 is 23.4 Å². The van der Waals surface area contributed by atoms with Crippen LogP contribution in [0, 0.1) is 6.92 Å². The number of aryl methyl sites for hydroxylation is 1. The monoisotopic (exact) mass is 448 g/mol. The Morgan fingerprint density at radius 2 is 2.07 bits per heavy atom. The van der Waals surface area contributed by atoms with Crippen molar-refractivity contribution in [3.63, 3.8) is 0 Å². The maximum absolute atomic E-state index is 12.7. The lowest BCUT2D eigenvalue weighted by Gasteiger charge is -2.23. The van der Waals surface area contributed by atoms with Gasteiger partial charge in [0.2, 0.25) is 5.91 Å². The van der Waals surface area contributed by atoms with E-state index in [-0.39, 0.29) is 17.3 Å². The van der Waals surface area contributed by atoms with Crippen LogP contribution in [0.2, 0.25) is 5.02 Å². The Hall–Kier alpha value is -1.83. The second kappa shape index (κ2) is 10.5. The summed E-state index contributed by atoms with van der Waals surface area (Å²) < 4.78 is 1.84. The second-order valence-electron chi connectivity index (χ2n) is 7.94. The fourth-order valence-electron chi connectivity index (χ4n) is 3.64. The van der Waals surface area contributed by atoms with E-state index >= 15 is 0 Å². The Balaban J connectivity index is 1.71. The van der Waals surface area contributed by atoms with Gasteiger partial charge in [-0.2, -0.15) is 4.98 Å². The summed E-state index contributed by atoms with van der Waals surface area (Å²) in [6.45, 7) is 3.54. The van der Waals surface area contributed by atoms with E-state index in [0.29, 0.717) is 22.3 Å². The number of anilines is 1. The van der Waals surface area contributed by atoms with Crippen molar-refractivity contribution in [3.05, 3.63) is 50.5 Å². The predicted molar refractivity (Wildman–Crippen MR) is 124 cm³/mol. The molecule has 1 aliphatic carbocycles. The number of fused-ring (bicyclic) bond motifs is 1. The smallest absolute Gasteiger partial charge is 0.325 e. The minimum Gasteiger partial charge on any atom is -0.325 e. The van der Waals surface area contributed by atoms with Crippen LogP contribution < -0.4 is 11.0 Å². The molecule has 6 nitrogen and oxygen atoms in total. The average molecular weight is 449 g/mol. The zero-order valence-electron chi connectivity index (χ0n) is 17.8. The summed E-state index contributed by atoms with van der Waals surface area (Å²) in [7, 11) is 4.07. The van der Waals surface area contributed by atoms with Crippen molar-refractivity contribution in [2.45, 2.75) is 50.6 Å². The number of rotatable bonds is 8. The number of halogens is 1. The van der Waals surface area contributed by atoms with Crippen LogP contribution in [-0.4, -0.2) is 46.8 Å². The lowest BCUT2D eigenvalue weighted by Crippen LogP contribution is -2.31. The molecule has 1 aliphatic rings. The van der Waals surface area contributed by atoms with Crippen molar-refractivity contribution < 1.29 is 4.79 Å². The van der Waals surface area contributed by atoms with Crippen molar-refractivity contribution in [1.29, 1.82) is 0 Å². The number of carbonyl (C=O) groups is 1. The lowest BCUT2D eigenvalue weighted by molar-refractivity contribution is -0.113. The fourth-order valence-corrected chi connectivity index (χ4v) is 4.70. The first-order chi connectivity index (χ1) is 14.3. The van der Waals surface area contributed by atoms with E-state index in [4.69, 9.17) is 11.6 Å². The first kappa shape index (κ1) is 22.8. The highest BCUT2D eigenvalue weighted by molar-refractivity contribution is 8.00. The van der Waals surface area contributed by atoms with E-state index in [9.17, 15) is 9.59 Å². The van der Waals surface area contributed by atoms with Crippen molar-refractivity contribution in [2.75, 3.05) is 31.7 Å². The van der Waals surface area contributed by atoms with Crippen molar-refractivity contribution in [1.82, 2.24) is 14.5 Å². The molecule has 0 radical (unpaired) electrons. The van der Waals surface area contributed by atoms with Crippen molar-refractivity contribution in [2.24, 2.45) is 0 Å². The van der Waals surface area contributed by atoms with Gasteiger partial charge in [0, 0.05) is 28.5 Å². The predicted octanol–water partition coefficient (Wildman–Crippen LogP) is 3.77. The van der Waals surface area contributed by atoms with Crippen LogP contribution in [0.15, 0.2) is 28.0 Å². The summed E-state index contributed by atoms with van der Waals surface area (Å²) in [5.74, 6) is 0.0658. The van der Waals surface area contributed by atoms with Gasteiger partial charge in [-0.25, -0.2) is 4.79 Å². The van der Waals surface area contributed by atoms with Gasteiger partial charge in [-0.3, -0.25) is 9.36 Å². The molecule has 162 valence electrons. The SMILES string of the molecule is Cc1ccc(NC(=O)CSc2nc(=O)n(CCCN(C)C)c3c2CCCC3)cc1Cl. The zero-order valence-corrected chi connectivity index (χ0v) is 19.4. The summed E-state index contributed by atoms with van der Waals surface area (Å²) >= 11 is 7.47. The van der Waals surface area contributed by atoms with E-state index in [1.165, 1.54) is 11.8 Å². The first-order valence-electron chi connectivity index (χ1n) is 10.3. The van der Waals surface area contributed by atoms with Crippen LogP contribution in [0.25, 0.3) is 0 Å². The van der Waals surface area contributed by atoms with Crippen LogP contribution in [0.1, 0.15) is 36.1 Å². The van der Waals surface area contributed by atoms with Gasteiger partial charge in [-0.15, -0.1) is 0 Å². The molecule has 0 aliphatic heterocycles. The van der Waals surface area contributed by atoms with Crippen molar-refractivity contribution in [3.8, 4) is 0 Å². The molecule has 0 atom stereocenters. The highest BCUT2D eigenvalue weighted by atomic mass is 35.5. The Bertz CT molecular complexity index is 974. The van der Waals surface area contributed by atoms with E-state index in [1.807, 2.05) is 37.7 Å². The van der Waals surface area contributed by atoms with E-state index in [2.05, 4.69) is 15.2 Å². The summed E-state index contributed by atoms with van der Waals surface area (Å²) in [5, 5.41) is 4.19. The quantitative estimate of drug-likeness (QED) is 0.492. The maximum Gasteiger partial charge on any atom is 0.348 e. The fraction of sp³-hybridized carbons (Fsp3) is 0.500. The number of hydrogen-bond donors (Lipinski definition) is 1. The molecule has 30 heavy (non-hydrogen) atoms. The molecule has 1 heterocycles. The zero-order chi connectivity index (χ0) is 21.7. The molecule has 0 spiro atoms. The number of hydrogen-bond acceptors (Lipinski definition) is 5. The third-order valence-electron chi connectivity index (χ3n) is 5.23. The molecule has 2 aromatic rings. The molecule has 1 aromatic heterocycles. The van der Waals surface area contributed by atoms with E-state index in [1.54, 1.807) is 6.07 Å². The lowest BCUT2D eigenvalue weighted by atomic mass is 9.97. The molecule has 0 fully saturated rings. The first-order valence-corrected chi connectivity index (χ1v) is 11.7. The highest BCUT2D eigenvalue weighted by Crippen LogP contribution is 2.29. The van der Waals surface area contributed by atoms with Crippen LogP contribution in [0.3, 0.4) is 0 Å². The van der Waals surface area contributed by atoms with Gasteiger partial charge < -0.3 is 10.2 Å². The minimum atomic E-state index is -0.206. The Kier molecular flexibility index (Phi) is 7.97. The second-order valence-corrected chi connectivity index (χ2v) is 9.31. The normalized spacial score (nSPS) is 13.4. The summed E-state index contributed by atoms with van der Waals surface area (Å²) in [4.78, 5) is 31.6. The summed E-state index contributed by atoms with van der Waals surface area (Å²) in [6.07, 6.45) is 4.90. The van der Waals surface area contributed by atoms with Crippen LogP contribution in [0.4, 0.5) is 5.69 Å². The molecular weight excluding hydrogens is 420 g/mol. The molecule has 0 bridgehead atoms. The number of thioether (sulfide) groups is 1. The maximum atomic E-state index is 12.7. The molecule has 8 heteroatoms. The molecule has 0 unspecified atom stereocenters. The molecule has 0 saturated carbocycles. The number of benzene rings is 1. The van der Waals surface area contributed by atoms with Crippen molar-refractivity contribution >= 4 is 35.0 Å². The summed E-state index contributed by atoms with van der Waals surface area (Å²) in [6, 6.07) is 5.45. The Morgan fingerprint density at radius 1 is 1.30 bits per heavy atom. The van der Waals surface area contributed by atoms with Gasteiger partial charge in [0.1, 0.15) is 5.03 Å². The Labute approximate surface area is 187 Å². The van der Waals surface area contributed by atoms with Gasteiger partial charge in [0.15, 0.2) is 0 Å². The van der Waals surface area contributed by atoms with Gasteiger partial charge in [0.25, 0.3) is 0 Å². The van der Waals surface area contributed by atoms with Gasteiger partial charge in [0.05, 0.1) is 5.75 Å². The molecule has 1 N–H and O–H groups in total. The van der Waals surface area contributed by atoms with E-state index < -0.39 is 0 Å². The number of nitrogens with zero attached hydrogens (tertiary/aromatic N) is 3. The highest BCUT2D eigenvalue weighted by Gasteiger charge is 2.21. The number of aromatic nitrogens is 2. The number of amides is 1. The largest absolute Gasteiger partial charge is 0.348 e. The average Bonchev–Trinajstić information content (AvgIpc) is 2.70. The molecule has 0 saturated heterocycles. The topological polar surface area (TPSA) is 67.2 Å². The molecule has 3 rings (SSSR count). The minimum absolute atomic E-state index is 0.138. The van der Waals surface area contributed by atoms with Crippen LogP contribution in [0.5, 0.6) is 0 Å².